The number of para-hydroxylation sites is 2. The number of hydrogen-bond acceptors (Lipinski definition) is 4. The van der Waals surface area contributed by atoms with E-state index >= 15 is 0 Å². The molecule has 2 heterocycles. The fourth-order valence-electron chi connectivity index (χ4n) is 4.31. The second-order valence-corrected chi connectivity index (χ2v) is 8.60. The minimum Gasteiger partial charge on any atom is -0.491 e. The topological polar surface area (TPSA) is 80.6 Å². The Morgan fingerprint density at radius 1 is 0.889 bits per heavy atom. The summed E-state index contributed by atoms with van der Waals surface area (Å²) in [5, 5.41) is 3.19. The van der Waals surface area contributed by atoms with Gasteiger partial charge in [0.05, 0.1) is 13.1 Å². The highest BCUT2D eigenvalue weighted by Crippen LogP contribution is 2.26. The minimum atomic E-state index is -0.721. The number of barbiturate groups is 1. The molecule has 0 aliphatic carbocycles. The van der Waals surface area contributed by atoms with Gasteiger partial charge in [0.15, 0.2) is 0 Å². The molecular formula is C29H25N3O4. The SMILES string of the molecule is Cc1ccccc1OCCn1cc(/C=C2\C(=O)NC(=O)N(Cc3ccccc3)C2=O)c2ccccc21. The predicted octanol–water partition coefficient (Wildman–Crippen LogP) is 4.69. The molecule has 4 amide bonds. The number of urea groups is 1. The zero-order chi connectivity index (χ0) is 25.1. The van der Waals surface area contributed by atoms with E-state index in [1.54, 1.807) is 6.08 Å². The Kier molecular flexibility index (Phi) is 6.36. The summed E-state index contributed by atoms with van der Waals surface area (Å²) in [4.78, 5) is 39.3. The maximum absolute atomic E-state index is 13.2. The van der Waals surface area contributed by atoms with Crippen LogP contribution in [0.15, 0.2) is 90.6 Å². The largest absolute Gasteiger partial charge is 0.491 e. The highest BCUT2D eigenvalue weighted by atomic mass is 16.5. The number of carbonyl (C=O) groups excluding carboxylic acids is 3. The maximum atomic E-state index is 13.2. The summed E-state index contributed by atoms with van der Waals surface area (Å²) in [5.74, 6) is -0.481. The lowest BCUT2D eigenvalue weighted by Gasteiger charge is -2.26. The fraction of sp³-hybridized carbons (Fsp3) is 0.138. The number of rotatable bonds is 7. The van der Waals surface area contributed by atoms with Crippen LogP contribution < -0.4 is 10.1 Å². The zero-order valence-corrected chi connectivity index (χ0v) is 19.8. The van der Waals surface area contributed by atoms with Gasteiger partial charge in [0.25, 0.3) is 11.8 Å². The average molecular weight is 480 g/mol. The second-order valence-electron chi connectivity index (χ2n) is 8.60. The van der Waals surface area contributed by atoms with Gasteiger partial charge in [-0.3, -0.25) is 19.8 Å². The molecular weight excluding hydrogens is 454 g/mol. The quantitative estimate of drug-likeness (QED) is 0.308. The molecule has 3 aromatic carbocycles. The molecule has 7 heteroatoms. The van der Waals surface area contributed by atoms with Gasteiger partial charge >= 0.3 is 6.03 Å². The van der Waals surface area contributed by atoms with Crippen molar-refractivity contribution in [2.24, 2.45) is 0 Å². The molecule has 1 N–H and O–H groups in total. The molecule has 1 aromatic heterocycles. The number of imide groups is 2. The number of hydrogen-bond donors (Lipinski definition) is 1. The third-order valence-electron chi connectivity index (χ3n) is 6.17. The van der Waals surface area contributed by atoms with Crippen LogP contribution in [0.4, 0.5) is 4.79 Å². The smallest absolute Gasteiger partial charge is 0.331 e. The highest BCUT2D eigenvalue weighted by Gasteiger charge is 2.35. The third kappa shape index (κ3) is 4.63. The Bertz CT molecular complexity index is 1490. The van der Waals surface area contributed by atoms with Crippen molar-refractivity contribution < 1.29 is 19.1 Å². The van der Waals surface area contributed by atoms with Crippen molar-refractivity contribution in [3.05, 3.63) is 107 Å². The highest BCUT2D eigenvalue weighted by molar-refractivity contribution is 6.31. The van der Waals surface area contributed by atoms with E-state index in [1.807, 2.05) is 96.6 Å². The molecule has 0 atom stereocenters. The molecule has 0 radical (unpaired) electrons. The molecule has 5 rings (SSSR count). The number of nitrogens with zero attached hydrogens (tertiary/aromatic N) is 2. The first kappa shape index (κ1) is 23.1. The van der Waals surface area contributed by atoms with Gasteiger partial charge in [-0.15, -0.1) is 0 Å². The lowest BCUT2D eigenvalue weighted by molar-refractivity contribution is -0.130. The van der Waals surface area contributed by atoms with E-state index < -0.39 is 17.8 Å². The van der Waals surface area contributed by atoms with E-state index in [0.717, 1.165) is 32.7 Å². The average Bonchev–Trinajstić information content (AvgIpc) is 3.23. The van der Waals surface area contributed by atoms with E-state index in [9.17, 15) is 14.4 Å². The Morgan fingerprint density at radius 3 is 2.42 bits per heavy atom. The van der Waals surface area contributed by atoms with Gasteiger partial charge in [-0.2, -0.15) is 0 Å². The maximum Gasteiger partial charge on any atom is 0.331 e. The Balaban J connectivity index is 1.42. The first-order valence-corrected chi connectivity index (χ1v) is 11.7. The van der Waals surface area contributed by atoms with Crippen LogP contribution in [-0.2, 0) is 22.7 Å². The van der Waals surface area contributed by atoms with Gasteiger partial charge in [0.1, 0.15) is 17.9 Å². The number of aromatic nitrogens is 1. The van der Waals surface area contributed by atoms with Crippen molar-refractivity contribution in [3.63, 3.8) is 0 Å². The second kappa shape index (κ2) is 9.92. The van der Waals surface area contributed by atoms with E-state index in [2.05, 4.69) is 5.32 Å². The summed E-state index contributed by atoms with van der Waals surface area (Å²) in [6.45, 7) is 3.12. The molecule has 36 heavy (non-hydrogen) atoms. The molecule has 1 fully saturated rings. The molecule has 1 saturated heterocycles. The number of fused-ring (bicyclic) bond motifs is 1. The Hall–Kier alpha value is -4.65. The van der Waals surface area contributed by atoms with Crippen LogP contribution in [0.2, 0.25) is 0 Å². The first-order chi connectivity index (χ1) is 17.5. The van der Waals surface area contributed by atoms with Gasteiger partial charge in [-0.25, -0.2) is 4.79 Å². The summed E-state index contributed by atoms with van der Waals surface area (Å²) < 4.78 is 8.01. The van der Waals surface area contributed by atoms with E-state index in [4.69, 9.17) is 4.74 Å². The monoisotopic (exact) mass is 479 g/mol. The number of benzene rings is 3. The number of aryl methyl sites for hydroxylation is 1. The molecule has 0 spiro atoms. The van der Waals surface area contributed by atoms with Crippen LogP contribution in [0.25, 0.3) is 17.0 Å². The van der Waals surface area contributed by atoms with Gasteiger partial charge < -0.3 is 9.30 Å². The number of nitrogens with one attached hydrogen (secondary N) is 1. The normalized spacial score (nSPS) is 15.0. The van der Waals surface area contributed by atoms with Crippen molar-refractivity contribution in [2.75, 3.05) is 6.61 Å². The molecule has 0 unspecified atom stereocenters. The van der Waals surface area contributed by atoms with Crippen molar-refractivity contribution in [1.82, 2.24) is 14.8 Å². The van der Waals surface area contributed by atoms with E-state index in [-0.39, 0.29) is 12.1 Å². The lowest BCUT2D eigenvalue weighted by Crippen LogP contribution is -2.53. The van der Waals surface area contributed by atoms with Gasteiger partial charge in [0, 0.05) is 22.7 Å². The summed E-state index contributed by atoms with van der Waals surface area (Å²) in [6, 6.07) is 24.1. The Morgan fingerprint density at radius 2 is 1.61 bits per heavy atom. The molecule has 0 bridgehead atoms. The molecule has 180 valence electrons. The van der Waals surface area contributed by atoms with Crippen LogP contribution in [0.1, 0.15) is 16.7 Å². The molecule has 1 aliphatic heterocycles. The summed E-state index contributed by atoms with van der Waals surface area (Å²) in [5.41, 5.74) is 3.45. The molecule has 1 aliphatic rings. The van der Waals surface area contributed by atoms with E-state index in [1.165, 1.54) is 0 Å². The first-order valence-electron chi connectivity index (χ1n) is 11.7. The number of ether oxygens (including phenoxy) is 1. The van der Waals surface area contributed by atoms with Crippen molar-refractivity contribution in [2.45, 2.75) is 20.0 Å². The van der Waals surface area contributed by atoms with Crippen molar-refractivity contribution in [3.8, 4) is 5.75 Å². The van der Waals surface area contributed by atoms with E-state index in [0.29, 0.717) is 18.7 Å². The van der Waals surface area contributed by atoms with Crippen LogP contribution >= 0.6 is 0 Å². The third-order valence-corrected chi connectivity index (χ3v) is 6.17. The van der Waals surface area contributed by atoms with Gasteiger partial charge in [0.2, 0.25) is 0 Å². The van der Waals surface area contributed by atoms with Gasteiger partial charge in [-0.1, -0.05) is 66.7 Å². The number of amides is 4. The van der Waals surface area contributed by atoms with Gasteiger partial charge in [-0.05, 0) is 36.3 Å². The van der Waals surface area contributed by atoms with Crippen LogP contribution in [0, 0.1) is 6.92 Å². The molecule has 7 nitrogen and oxygen atoms in total. The Labute approximate surface area is 208 Å². The van der Waals surface area contributed by atoms with Crippen LogP contribution in [0.3, 0.4) is 0 Å². The molecule has 0 saturated carbocycles. The predicted molar refractivity (Wildman–Crippen MR) is 137 cm³/mol. The standard InChI is InChI=1S/C29H25N3O4/c1-20-9-5-8-14-26(20)36-16-15-31-19-22(23-12-6-7-13-25(23)31)17-24-27(33)30-29(35)32(28(24)34)18-21-10-3-2-4-11-21/h2-14,17,19H,15-16,18H2,1H3,(H,30,33,35)/b24-17+. The van der Waals surface area contributed by atoms with Crippen LogP contribution in [0.5, 0.6) is 5.75 Å². The summed E-state index contributed by atoms with van der Waals surface area (Å²) in [7, 11) is 0. The fourth-order valence-corrected chi connectivity index (χ4v) is 4.31. The summed E-state index contributed by atoms with van der Waals surface area (Å²) >= 11 is 0. The van der Waals surface area contributed by atoms with Crippen molar-refractivity contribution in [1.29, 1.82) is 0 Å². The lowest BCUT2D eigenvalue weighted by atomic mass is 10.1. The minimum absolute atomic E-state index is 0.0775. The van der Waals surface area contributed by atoms with Crippen molar-refractivity contribution >= 4 is 34.8 Å². The summed E-state index contributed by atoms with van der Waals surface area (Å²) in [6.07, 6.45) is 3.46. The van der Waals surface area contributed by atoms with Crippen LogP contribution in [-0.4, -0.2) is 33.9 Å². The zero-order valence-electron chi connectivity index (χ0n) is 19.8. The molecule has 4 aromatic rings. The number of carbonyl (C=O) groups is 3.